The first-order chi connectivity index (χ1) is 14.4. The molecular formula is C22H20Cl2N2O4. The van der Waals surface area contributed by atoms with Gasteiger partial charge in [0.2, 0.25) is 11.8 Å². The number of rotatable bonds is 8. The average molecular weight is 447 g/mol. The van der Waals surface area contributed by atoms with Gasteiger partial charge in [-0.2, -0.15) is 0 Å². The molecule has 0 aliphatic heterocycles. The lowest BCUT2D eigenvalue weighted by atomic mass is 9.83. The van der Waals surface area contributed by atoms with E-state index in [9.17, 15) is 19.2 Å². The van der Waals surface area contributed by atoms with Crippen LogP contribution >= 0.6 is 23.2 Å². The minimum Gasteiger partial charge on any atom is -0.326 e. The summed E-state index contributed by atoms with van der Waals surface area (Å²) >= 11 is 11.2. The fourth-order valence-electron chi connectivity index (χ4n) is 3.21. The highest BCUT2D eigenvalue weighted by atomic mass is 35.5. The summed E-state index contributed by atoms with van der Waals surface area (Å²) in [6.45, 7) is 0. The molecule has 0 fully saturated rings. The molecule has 1 aliphatic carbocycles. The van der Waals surface area contributed by atoms with Gasteiger partial charge in [0.25, 0.3) is 0 Å². The quantitative estimate of drug-likeness (QED) is 0.502. The second-order valence-corrected chi connectivity index (χ2v) is 7.62. The molecular weight excluding hydrogens is 427 g/mol. The van der Waals surface area contributed by atoms with E-state index in [2.05, 4.69) is 10.6 Å². The van der Waals surface area contributed by atoms with Gasteiger partial charge in [0.15, 0.2) is 11.6 Å². The topological polar surface area (TPSA) is 92.3 Å². The van der Waals surface area contributed by atoms with E-state index in [1.807, 2.05) is 0 Å². The summed E-state index contributed by atoms with van der Waals surface area (Å²) in [6.07, 6.45) is 1.65. The standard InChI is InChI=1S/C22H20Cl2N2O4/c23-9-1-3-19(27)25-13-5-7-15-17(11-13)21(29)16-8-6-14(12-18(16)22(15)30)26-20(28)4-2-10-24/h5-8,11-12H,1-4,9-10H2,(H,25,27)(H,26,28). The SMILES string of the molecule is O=C(CCCCl)Nc1ccc2c(c1)C(=O)c1ccc(NC(=O)CCCCl)cc1C2=O. The molecule has 30 heavy (non-hydrogen) atoms. The number of fused-ring (bicyclic) bond motifs is 2. The molecule has 2 amide bonds. The number of nitrogens with one attached hydrogen (secondary N) is 2. The second kappa shape index (κ2) is 9.87. The highest BCUT2D eigenvalue weighted by molar-refractivity contribution is 6.29. The number of carbonyl (C=O) groups excluding carboxylic acids is 4. The van der Waals surface area contributed by atoms with Crippen molar-refractivity contribution in [1.29, 1.82) is 0 Å². The third kappa shape index (κ3) is 4.89. The summed E-state index contributed by atoms with van der Waals surface area (Å²) in [5.74, 6) is -0.263. The van der Waals surface area contributed by atoms with Gasteiger partial charge in [0.1, 0.15) is 0 Å². The molecule has 0 atom stereocenters. The summed E-state index contributed by atoms with van der Waals surface area (Å²) < 4.78 is 0. The Morgan fingerprint density at radius 3 is 1.43 bits per heavy atom. The van der Waals surface area contributed by atoms with E-state index in [0.717, 1.165) is 0 Å². The Hall–Kier alpha value is -2.70. The predicted octanol–water partition coefficient (Wildman–Crippen LogP) is 4.38. The van der Waals surface area contributed by atoms with Crippen LogP contribution in [0.2, 0.25) is 0 Å². The van der Waals surface area contributed by atoms with Gasteiger partial charge in [0.05, 0.1) is 0 Å². The Morgan fingerprint density at radius 1 is 0.667 bits per heavy atom. The lowest BCUT2D eigenvalue weighted by Crippen LogP contribution is -2.22. The largest absolute Gasteiger partial charge is 0.326 e. The van der Waals surface area contributed by atoms with Gasteiger partial charge < -0.3 is 10.6 Å². The van der Waals surface area contributed by atoms with Gasteiger partial charge in [-0.25, -0.2) is 0 Å². The molecule has 0 saturated heterocycles. The summed E-state index contributed by atoms with van der Waals surface area (Å²) in [4.78, 5) is 49.7. The average Bonchev–Trinajstić information content (AvgIpc) is 2.74. The maximum absolute atomic E-state index is 13.0. The fraction of sp³-hybridized carbons (Fsp3) is 0.273. The third-order valence-corrected chi connectivity index (χ3v) is 5.19. The van der Waals surface area contributed by atoms with Gasteiger partial charge in [-0.15, -0.1) is 23.2 Å². The van der Waals surface area contributed by atoms with Crippen molar-refractivity contribution in [3.05, 3.63) is 58.7 Å². The molecule has 0 spiro atoms. The first-order valence-electron chi connectivity index (χ1n) is 9.53. The number of amides is 2. The van der Waals surface area contributed by atoms with Crippen LogP contribution in [-0.4, -0.2) is 35.1 Å². The molecule has 156 valence electrons. The first-order valence-corrected chi connectivity index (χ1v) is 10.6. The van der Waals surface area contributed by atoms with Crippen LogP contribution in [0.15, 0.2) is 36.4 Å². The van der Waals surface area contributed by atoms with E-state index in [-0.39, 0.29) is 58.5 Å². The van der Waals surface area contributed by atoms with Crippen LogP contribution in [-0.2, 0) is 9.59 Å². The minimum absolute atomic E-state index is 0.208. The highest BCUT2D eigenvalue weighted by Gasteiger charge is 2.30. The van der Waals surface area contributed by atoms with E-state index in [4.69, 9.17) is 23.2 Å². The van der Waals surface area contributed by atoms with Crippen molar-refractivity contribution in [2.24, 2.45) is 0 Å². The van der Waals surface area contributed by atoms with Gasteiger partial charge in [0, 0.05) is 58.2 Å². The van der Waals surface area contributed by atoms with Crippen molar-refractivity contribution in [2.45, 2.75) is 25.7 Å². The van der Waals surface area contributed by atoms with Crippen LogP contribution in [0.25, 0.3) is 0 Å². The molecule has 2 aromatic carbocycles. The van der Waals surface area contributed by atoms with E-state index in [1.54, 1.807) is 12.1 Å². The Balaban J connectivity index is 1.83. The molecule has 8 heteroatoms. The zero-order chi connectivity index (χ0) is 21.7. The number of carbonyl (C=O) groups is 4. The second-order valence-electron chi connectivity index (χ2n) is 6.86. The molecule has 0 saturated carbocycles. The van der Waals surface area contributed by atoms with Crippen molar-refractivity contribution in [3.63, 3.8) is 0 Å². The lowest BCUT2D eigenvalue weighted by molar-refractivity contribution is -0.117. The van der Waals surface area contributed by atoms with Crippen LogP contribution in [0.1, 0.15) is 57.5 Å². The first kappa shape index (κ1) is 22.0. The zero-order valence-electron chi connectivity index (χ0n) is 16.1. The Labute approximate surface area is 183 Å². The van der Waals surface area contributed by atoms with Crippen molar-refractivity contribution in [2.75, 3.05) is 22.4 Å². The van der Waals surface area contributed by atoms with Crippen molar-refractivity contribution in [3.8, 4) is 0 Å². The smallest absolute Gasteiger partial charge is 0.224 e. The Bertz CT molecular complexity index is 939. The molecule has 0 aromatic heterocycles. The molecule has 0 bridgehead atoms. The number of halogens is 2. The van der Waals surface area contributed by atoms with E-state index >= 15 is 0 Å². The van der Waals surface area contributed by atoms with Crippen LogP contribution in [0, 0.1) is 0 Å². The molecule has 2 N–H and O–H groups in total. The van der Waals surface area contributed by atoms with Crippen molar-refractivity contribution in [1.82, 2.24) is 0 Å². The molecule has 0 radical (unpaired) electrons. The Morgan fingerprint density at radius 2 is 1.07 bits per heavy atom. The van der Waals surface area contributed by atoms with E-state index in [0.29, 0.717) is 36.0 Å². The number of alkyl halides is 2. The van der Waals surface area contributed by atoms with Crippen LogP contribution in [0.3, 0.4) is 0 Å². The summed E-state index contributed by atoms with van der Waals surface area (Å²) in [7, 11) is 0. The molecule has 2 aromatic rings. The maximum atomic E-state index is 13.0. The molecule has 1 aliphatic rings. The lowest BCUT2D eigenvalue weighted by Gasteiger charge is -2.19. The van der Waals surface area contributed by atoms with Gasteiger partial charge in [-0.3, -0.25) is 19.2 Å². The van der Waals surface area contributed by atoms with Crippen LogP contribution in [0.5, 0.6) is 0 Å². The zero-order valence-corrected chi connectivity index (χ0v) is 17.6. The van der Waals surface area contributed by atoms with Gasteiger partial charge in [-0.1, -0.05) is 0 Å². The number of hydrogen-bond acceptors (Lipinski definition) is 4. The minimum atomic E-state index is -0.309. The van der Waals surface area contributed by atoms with Crippen molar-refractivity contribution >= 4 is 58.0 Å². The molecule has 6 nitrogen and oxygen atoms in total. The van der Waals surface area contributed by atoms with Gasteiger partial charge >= 0.3 is 0 Å². The van der Waals surface area contributed by atoms with Crippen LogP contribution < -0.4 is 10.6 Å². The summed E-state index contributed by atoms with van der Waals surface area (Å²) in [5.41, 5.74) is 1.89. The Kier molecular flexibility index (Phi) is 7.24. The number of benzene rings is 2. The van der Waals surface area contributed by atoms with Crippen LogP contribution in [0.4, 0.5) is 11.4 Å². The van der Waals surface area contributed by atoms with Crippen molar-refractivity contribution < 1.29 is 19.2 Å². The molecule has 0 unspecified atom stereocenters. The molecule has 0 heterocycles. The highest BCUT2D eigenvalue weighted by Crippen LogP contribution is 2.31. The monoisotopic (exact) mass is 446 g/mol. The fourth-order valence-corrected chi connectivity index (χ4v) is 3.47. The third-order valence-electron chi connectivity index (χ3n) is 4.66. The molecule has 3 rings (SSSR count). The van der Waals surface area contributed by atoms with E-state index in [1.165, 1.54) is 24.3 Å². The van der Waals surface area contributed by atoms with Gasteiger partial charge in [-0.05, 0) is 49.2 Å². The normalized spacial score (nSPS) is 12.2. The maximum Gasteiger partial charge on any atom is 0.224 e. The van der Waals surface area contributed by atoms with E-state index < -0.39 is 0 Å². The number of ketones is 2. The number of anilines is 2. The number of hydrogen-bond donors (Lipinski definition) is 2. The summed E-state index contributed by atoms with van der Waals surface area (Å²) in [5, 5.41) is 5.43. The predicted molar refractivity (Wildman–Crippen MR) is 117 cm³/mol. The summed E-state index contributed by atoms with van der Waals surface area (Å²) in [6, 6.07) is 9.26.